The summed E-state index contributed by atoms with van der Waals surface area (Å²) in [5.41, 5.74) is -0.00237. The van der Waals surface area contributed by atoms with E-state index < -0.39 is 22.6 Å². The molecule has 8 heteroatoms. The minimum absolute atomic E-state index is 0.00237. The van der Waals surface area contributed by atoms with Crippen molar-refractivity contribution in [2.75, 3.05) is 32.9 Å². The molecule has 0 bridgehead atoms. The lowest BCUT2D eigenvalue weighted by atomic mass is 9.86. The molecule has 0 atom stereocenters. The van der Waals surface area contributed by atoms with Gasteiger partial charge in [0.25, 0.3) is 0 Å². The molecule has 2 saturated heterocycles. The fraction of sp³-hybridized carbons (Fsp3) is 0.500. The van der Waals surface area contributed by atoms with E-state index >= 15 is 0 Å². The molecule has 0 aromatic heterocycles. The molecule has 120 valence electrons. The summed E-state index contributed by atoms with van der Waals surface area (Å²) in [5.74, 6) is -0.756. The fourth-order valence-electron chi connectivity index (χ4n) is 2.73. The summed E-state index contributed by atoms with van der Waals surface area (Å²) in [6.45, 7) is 1.79. The Bertz CT molecular complexity index is 665. The highest BCUT2D eigenvalue weighted by atomic mass is 32.2. The van der Waals surface area contributed by atoms with Gasteiger partial charge in [-0.1, -0.05) is 0 Å². The third-order valence-corrected chi connectivity index (χ3v) is 5.90. The normalized spacial score (nSPS) is 20.7. The smallest absolute Gasteiger partial charge is 0.341 e. The monoisotopic (exact) mass is 327 g/mol. The minimum atomic E-state index is -3.53. The Morgan fingerprint density at radius 3 is 2.50 bits per heavy atom. The van der Waals surface area contributed by atoms with Crippen LogP contribution in [0, 0.1) is 5.41 Å². The lowest BCUT2D eigenvalue weighted by molar-refractivity contribution is -0.139. The summed E-state index contributed by atoms with van der Waals surface area (Å²) in [4.78, 5) is 10.6. The number of carbonyl (C=O) groups is 1. The highest BCUT2D eigenvalue weighted by Crippen LogP contribution is 2.39. The topological polar surface area (TPSA) is 93.1 Å². The number of ether oxygens (including phenoxy) is 2. The average molecular weight is 327 g/mol. The van der Waals surface area contributed by atoms with E-state index in [1.165, 1.54) is 28.6 Å². The number of benzene rings is 1. The van der Waals surface area contributed by atoms with Crippen molar-refractivity contribution in [1.29, 1.82) is 0 Å². The largest absolute Gasteiger partial charge is 0.482 e. The molecule has 0 amide bonds. The van der Waals surface area contributed by atoms with E-state index in [1.807, 2.05) is 0 Å². The Labute approximate surface area is 128 Å². The number of nitrogens with zero attached hydrogens (tertiary/aromatic N) is 1. The molecule has 2 aliphatic rings. The number of carboxylic acids is 1. The molecule has 2 aliphatic heterocycles. The zero-order chi connectivity index (χ0) is 15.8. The fourth-order valence-corrected chi connectivity index (χ4v) is 4.28. The van der Waals surface area contributed by atoms with E-state index in [-0.39, 0.29) is 10.3 Å². The molecule has 0 aliphatic carbocycles. The zero-order valence-corrected chi connectivity index (χ0v) is 12.7. The Balaban J connectivity index is 1.71. The molecule has 1 spiro atoms. The van der Waals surface area contributed by atoms with Crippen molar-refractivity contribution in [3.05, 3.63) is 24.3 Å². The van der Waals surface area contributed by atoms with Gasteiger partial charge in [-0.25, -0.2) is 13.2 Å². The quantitative estimate of drug-likeness (QED) is 0.849. The molecular weight excluding hydrogens is 310 g/mol. The van der Waals surface area contributed by atoms with E-state index in [4.69, 9.17) is 14.6 Å². The molecule has 1 aromatic carbocycles. The van der Waals surface area contributed by atoms with Gasteiger partial charge in [0, 0.05) is 18.5 Å². The van der Waals surface area contributed by atoms with Crippen LogP contribution in [0.15, 0.2) is 29.2 Å². The van der Waals surface area contributed by atoms with Crippen molar-refractivity contribution in [1.82, 2.24) is 4.31 Å². The van der Waals surface area contributed by atoms with Gasteiger partial charge in [-0.15, -0.1) is 0 Å². The zero-order valence-electron chi connectivity index (χ0n) is 11.9. The molecule has 0 unspecified atom stereocenters. The first-order valence-electron chi connectivity index (χ1n) is 6.94. The van der Waals surface area contributed by atoms with Gasteiger partial charge in [-0.3, -0.25) is 0 Å². The van der Waals surface area contributed by atoms with Gasteiger partial charge in [0.2, 0.25) is 10.0 Å². The van der Waals surface area contributed by atoms with Crippen molar-refractivity contribution in [3.8, 4) is 5.75 Å². The maximum atomic E-state index is 12.6. The maximum Gasteiger partial charge on any atom is 0.341 e. The van der Waals surface area contributed by atoms with Gasteiger partial charge in [0.1, 0.15) is 5.75 Å². The van der Waals surface area contributed by atoms with Crippen LogP contribution in [0.25, 0.3) is 0 Å². The van der Waals surface area contributed by atoms with Crippen LogP contribution in [-0.4, -0.2) is 56.7 Å². The van der Waals surface area contributed by atoms with Crippen LogP contribution in [0.5, 0.6) is 5.75 Å². The van der Waals surface area contributed by atoms with E-state index in [0.717, 1.165) is 6.42 Å². The number of hydrogen-bond donors (Lipinski definition) is 1. The Hall–Kier alpha value is -1.64. The van der Waals surface area contributed by atoms with Crippen molar-refractivity contribution in [3.63, 3.8) is 0 Å². The van der Waals surface area contributed by atoms with Crippen LogP contribution in [0.2, 0.25) is 0 Å². The van der Waals surface area contributed by atoms with Crippen LogP contribution in [0.4, 0.5) is 0 Å². The van der Waals surface area contributed by atoms with Crippen molar-refractivity contribution < 1.29 is 27.8 Å². The van der Waals surface area contributed by atoms with Crippen LogP contribution in [-0.2, 0) is 19.6 Å². The van der Waals surface area contributed by atoms with Gasteiger partial charge < -0.3 is 14.6 Å². The van der Waals surface area contributed by atoms with Gasteiger partial charge in [0.15, 0.2) is 6.61 Å². The van der Waals surface area contributed by atoms with E-state index in [1.54, 1.807) is 0 Å². The Morgan fingerprint density at radius 2 is 2.00 bits per heavy atom. The number of sulfonamides is 1. The van der Waals surface area contributed by atoms with E-state index in [9.17, 15) is 13.2 Å². The average Bonchev–Trinajstić information content (AvgIpc) is 2.92. The van der Waals surface area contributed by atoms with Gasteiger partial charge in [-0.05, 0) is 30.7 Å². The molecule has 0 radical (unpaired) electrons. The van der Waals surface area contributed by atoms with Gasteiger partial charge in [0.05, 0.1) is 18.1 Å². The summed E-state index contributed by atoms with van der Waals surface area (Å²) in [6.07, 6.45) is 0.825. The maximum absolute atomic E-state index is 12.6. The first-order valence-corrected chi connectivity index (χ1v) is 8.38. The third-order valence-electron chi connectivity index (χ3n) is 4.04. The number of hydrogen-bond acceptors (Lipinski definition) is 5. The predicted octanol–water partition coefficient (Wildman–Crippen LogP) is 0.561. The predicted molar refractivity (Wildman–Crippen MR) is 76.2 cm³/mol. The molecule has 2 fully saturated rings. The number of carboxylic acid groups (broad SMARTS) is 1. The number of rotatable bonds is 5. The first-order chi connectivity index (χ1) is 10.4. The lowest BCUT2D eigenvalue weighted by Crippen LogP contribution is -2.45. The third kappa shape index (κ3) is 2.81. The van der Waals surface area contributed by atoms with E-state index in [2.05, 4.69) is 0 Å². The van der Waals surface area contributed by atoms with Crippen molar-refractivity contribution in [2.45, 2.75) is 11.3 Å². The van der Waals surface area contributed by atoms with Crippen LogP contribution < -0.4 is 4.74 Å². The minimum Gasteiger partial charge on any atom is -0.482 e. The SMILES string of the molecule is O=C(O)COc1ccc(S(=O)(=O)N2CCC3(COC3)C2)cc1. The van der Waals surface area contributed by atoms with Gasteiger partial charge >= 0.3 is 5.97 Å². The Kier molecular flexibility index (Phi) is 3.84. The van der Waals surface area contributed by atoms with Crippen molar-refractivity contribution >= 4 is 16.0 Å². The first kappa shape index (κ1) is 15.3. The summed E-state index contributed by atoms with van der Waals surface area (Å²) < 4.78 is 36.9. The lowest BCUT2D eigenvalue weighted by Gasteiger charge is -2.37. The highest BCUT2D eigenvalue weighted by Gasteiger charge is 2.47. The molecular formula is C14H17NO6S. The molecule has 1 aromatic rings. The van der Waals surface area contributed by atoms with Gasteiger partial charge in [-0.2, -0.15) is 4.31 Å². The summed E-state index contributed by atoms with van der Waals surface area (Å²) in [5, 5.41) is 8.54. The molecule has 3 rings (SSSR count). The molecule has 2 heterocycles. The second-order valence-electron chi connectivity index (χ2n) is 5.74. The highest BCUT2D eigenvalue weighted by molar-refractivity contribution is 7.89. The molecule has 0 saturated carbocycles. The van der Waals surface area contributed by atoms with Crippen LogP contribution in [0.1, 0.15) is 6.42 Å². The van der Waals surface area contributed by atoms with Crippen LogP contribution >= 0.6 is 0 Å². The Morgan fingerprint density at radius 1 is 1.32 bits per heavy atom. The molecule has 7 nitrogen and oxygen atoms in total. The molecule has 1 N–H and O–H groups in total. The second kappa shape index (κ2) is 5.53. The molecule has 22 heavy (non-hydrogen) atoms. The van der Waals surface area contributed by atoms with Crippen molar-refractivity contribution in [2.24, 2.45) is 5.41 Å². The van der Waals surface area contributed by atoms with Crippen LogP contribution in [0.3, 0.4) is 0 Å². The summed E-state index contributed by atoms with van der Waals surface area (Å²) in [6, 6.07) is 5.81. The summed E-state index contributed by atoms with van der Waals surface area (Å²) in [7, 11) is -3.53. The standard InChI is InChI=1S/C14H17NO6S/c16-13(17)7-21-11-1-3-12(4-2-11)22(18,19)15-6-5-14(8-15)9-20-10-14/h1-4H,5-10H2,(H,16,17). The number of aliphatic carboxylic acids is 1. The summed E-state index contributed by atoms with van der Waals surface area (Å²) >= 11 is 0. The van der Waals surface area contributed by atoms with E-state index in [0.29, 0.717) is 32.1 Å². The second-order valence-corrected chi connectivity index (χ2v) is 7.67.